The molecule has 0 aliphatic carbocycles. The molecule has 0 aliphatic rings. The van der Waals surface area contributed by atoms with Gasteiger partial charge < -0.3 is 25.4 Å². The maximum atomic E-state index is 13.4. The summed E-state index contributed by atoms with van der Waals surface area (Å²) >= 11 is 5.91. The lowest BCUT2D eigenvalue weighted by atomic mass is 9.99. The summed E-state index contributed by atoms with van der Waals surface area (Å²) in [6.45, 7) is 0. The molecule has 0 atom stereocenters. The van der Waals surface area contributed by atoms with Gasteiger partial charge in [-0.3, -0.25) is 0 Å². The van der Waals surface area contributed by atoms with Crippen molar-refractivity contribution in [3.05, 3.63) is 46.1 Å². The number of alkyl halides is 2. The molecule has 0 fully saturated rings. The fraction of sp³-hybridized carbons (Fsp3) is 0.154. The van der Waals surface area contributed by atoms with E-state index in [4.69, 9.17) is 37.3 Å². The number of hydrogen-bond acceptors (Lipinski definition) is 5. The molecule has 9 heteroatoms. The van der Waals surface area contributed by atoms with Crippen LogP contribution in [0.3, 0.4) is 0 Å². The van der Waals surface area contributed by atoms with Crippen LogP contribution in [-0.2, 0) is 12.1 Å². The van der Waals surface area contributed by atoms with Crippen molar-refractivity contribution in [3.8, 4) is 17.3 Å². The van der Waals surface area contributed by atoms with Gasteiger partial charge in [-0.25, -0.2) is 0 Å². The third-order valence-electron chi connectivity index (χ3n) is 2.93. The van der Waals surface area contributed by atoms with Crippen LogP contribution >= 0.6 is 11.6 Å². The Hall–Kier alpha value is -2.02. The van der Waals surface area contributed by atoms with Crippen LogP contribution in [0.2, 0.25) is 5.02 Å². The summed E-state index contributed by atoms with van der Waals surface area (Å²) in [4.78, 5) is 2.62. The van der Waals surface area contributed by atoms with E-state index in [-0.39, 0.29) is 21.8 Å². The molecule has 0 radical (unpaired) electrons. The Labute approximate surface area is 127 Å². The van der Waals surface area contributed by atoms with Gasteiger partial charge in [-0.2, -0.15) is 14.0 Å². The Morgan fingerprint density at radius 3 is 2.14 bits per heavy atom. The Bertz CT molecular complexity index is 757. The predicted molar refractivity (Wildman–Crippen MR) is 70.4 cm³/mol. The Kier molecular flexibility index (Phi) is 3.95. The van der Waals surface area contributed by atoms with Crippen LogP contribution in [0.1, 0.15) is 16.7 Å². The largest absolute Gasteiger partial charge is 0.359 e. The number of rotatable bonds is 3. The van der Waals surface area contributed by atoms with Crippen LogP contribution in [0.15, 0.2) is 24.4 Å². The summed E-state index contributed by atoms with van der Waals surface area (Å²) in [6, 6.07) is -3.58. The van der Waals surface area contributed by atoms with E-state index in [1.165, 1.54) is 6.20 Å². The second-order valence-corrected chi connectivity index (χ2v) is 4.82. The van der Waals surface area contributed by atoms with Gasteiger partial charge in [0.15, 0.2) is 0 Å². The normalized spacial score (nSPS) is 12.3. The third kappa shape index (κ3) is 2.94. The number of aromatic amines is 1. The van der Waals surface area contributed by atoms with E-state index in [0.717, 1.165) is 18.2 Å². The van der Waals surface area contributed by atoms with E-state index < -0.39 is 23.2 Å². The summed E-state index contributed by atoms with van der Waals surface area (Å²) in [5, 5.41) is 44.7. The number of nitriles is 1. The Balaban J connectivity index is 2.67. The van der Waals surface area contributed by atoms with E-state index in [2.05, 4.69) is 4.98 Å². The highest BCUT2D eigenvalue weighted by Gasteiger charge is 2.37. The smallest absolute Gasteiger partial charge is 0.344 e. The van der Waals surface area contributed by atoms with Crippen LogP contribution in [0.4, 0.5) is 8.78 Å². The fourth-order valence-electron chi connectivity index (χ4n) is 1.94. The summed E-state index contributed by atoms with van der Waals surface area (Å²) in [7, 11) is 0. The molecule has 1 aromatic carbocycles. The predicted octanol–water partition coefficient (Wildman–Crippen LogP) is 1.34. The van der Waals surface area contributed by atoms with Gasteiger partial charge in [-0.15, -0.1) is 0 Å². The minimum absolute atomic E-state index is 0.0129. The van der Waals surface area contributed by atoms with Gasteiger partial charge in [0.1, 0.15) is 6.07 Å². The third-order valence-corrected chi connectivity index (χ3v) is 3.32. The van der Waals surface area contributed by atoms with Gasteiger partial charge >= 0.3 is 12.1 Å². The molecule has 0 aliphatic heterocycles. The van der Waals surface area contributed by atoms with Gasteiger partial charge in [-0.05, 0) is 12.1 Å². The Morgan fingerprint density at radius 2 is 1.68 bits per heavy atom. The maximum Gasteiger partial charge on any atom is 0.344 e. The molecule has 116 valence electrons. The summed E-state index contributed by atoms with van der Waals surface area (Å²) in [5.74, 6) is 0. The lowest BCUT2D eigenvalue weighted by Crippen LogP contribution is -2.27. The molecule has 5 N–H and O–H groups in total. The summed E-state index contributed by atoms with van der Waals surface area (Å²) < 4.78 is 26.6. The molecule has 0 saturated carbocycles. The first kappa shape index (κ1) is 16.4. The van der Waals surface area contributed by atoms with E-state index >= 15 is 0 Å². The molecule has 22 heavy (non-hydrogen) atoms. The first-order chi connectivity index (χ1) is 10.1. The molecule has 0 unspecified atom stereocenters. The maximum absolute atomic E-state index is 13.4. The van der Waals surface area contributed by atoms with Crippen molar-refractivity contribution in [2.75, 3.05) is 0 Å². The first-order valence-corrected chi connectivity index (χ1v) is 6.13. The number of aliphatic hydroxyl groups is 4. The zero-order valence-electron chi connectivity index (χ0n) is 10.7. The van der Waals surface area contributed by atoms with Crippen LogP contribution in [-0.4, -0.2) is 25.4 Å². The molecule has 6 nitrogen and oxygen atoms in total. The molecule has 2 aromatic rings. The molecule has 0 bridgehead atoms. The average Bonchev–Trinajstić information content (AvgIpc) is 2.77. The minimum atomic E-state index is -4.02. The highest BCUT2D eigenvalue weighted by molar-refractivity contribution is 6.34. The van der Waals surface area contributed by atoms with Crippen molar-refractivity contribution in [1.82, 2.24) is 4.98 Å². The molecular weight excluding hydrogens is 322 g/mol. The van der Waals surface area contributed by atoms with Gasteiger partial charge in [0, 0.05) is 11.8 Å². The molecule has 0 amide bonds. The van der Waals surface area contributed by atoms with Crippen LogP contribution < -0.4 is 0 Å². The molecule has 1 aromatic heterocycles. The second kappa shape index (κ2) is 5.31. The number of hydrogen-bond donors (Lipinski definition) is 5. The van der Waals surface area contributed by atoms with Crippen LogP contribution in [0, 0.1) is 11.3 Å². The number of H-pyrrole nitrogens is 1. The molecule has 2 rings (SSSR count). The highest BCUT2D eigenvalue weighted by Crippen LogP contribution is 2.36. The van der Waals surface area contributed by atoms with Gasteiger partial charge in [0.25, 0.3) is 0 Å². The van der Waals surface area contributed by atoms with Crippen molar-refractivity contribution < 1.29 is 29.2 Å². The van der Waals surface area contributed by atoms with Crippen molar-refractivity contribution in [1.29, 1.82) is 5.26 Å². The summed E-state index contributed by atoms with van der Waals surface area (Å²) in [5.41, 5.74) is -1.92. The van der Waals surface area contributed by atoms with Gasteiger partial charge in [0.05, 0.1) is 27.4 Å². The quantitative estimate of drug-likeness (QED) is 0.544. The zero-order valence-corrected chi connectivity index (χ0v) is 11.4. The fourth-order valence-corrected chi connectivity index (χ4v) is 2.20. The van der Waals surface area contributed by atoms with E-state index in [0.29, 0.717) is 0 Å². The number of halogens is 3. The lowest BCUT2D eigenvalue weighted by molar-refractivity contribution is -0.290. The van der Waals surface area contributed by atoms with E-state index in [1.807, 2.05) is 0 Å². The second-order valence-electron chi connectivity index (χ2n) is 4.44. The average molecular weight is 331 g/mol. The highest BCUT2D eigenvalue weighted by atomic mass is 35.5. The molecule has 0 spiro atoms. The van der Waals surface area contributed by atoms with Gasteiger partial charge in [-0.1, -0.05) is 17.7 Å². The number of nitrogens with zero attached hydrogens (tertiary/aromatic N) is 1. The lowest BCUT2D eigenvalue weighted by Gasteiger charge is -2.21. The first-order valence-electron chi connectivity index (χ1n) is 5.75. The zero-order chi connectivity index (χ0) is 16.7. The van der Waals surface area contributed by atoms with Crippen molar-refractivity contribution >= 4 is 11.6 Å². The topological polar surface area (TPSA) is 121 Å². The Morgan fingerprint density at radius 1 is 1.09 bits per heavy atom. The monoisotopic (exact) mass is 330 g/mol. The number of benzene rings is 1. The van der Waals surface area contributed by atoms with Gasteiger partial charge in [0.2, 0.25) is 0 Å². The number of nitrogens with one attached hydrogen (secondary N) is 1. The molecule has 1 heterocycles. The minimum Gasteiger partial charge on any atom is -0.359 e. The van der Waals surface area contributed by atoms with E-state index in [1.54, 1.807) is 6.07 Å². The SMILES string of the molecule is N#Cc1c[nH]c(-c2ccc(C(O)(O)F)c(C(O)(O)F)c2)c1Cl. The van der Waals surface area contributed by atoms with Crippen LogP contribution in [0.5, 0.6) is 0 Å². The standard InChI is InChI=1S/C13H9ClF2N2O4/c14-10-7(4-17)5-18-11(10)6-1-2-8(12(15,19)20)9(3-6)13(16,21)22/h1-3,5,18-22H. The van der Waals surface area contributed by atoms with Crippen molar-refractivity contribution in [2.45, 2.75) is 12.1 Å². The van der Waals surface area contributed by atoms with Crippen molar-refractivity contribution in [2.24, 2.45) is 0 Å². The molecule has 0 saturated heterocycles. The molecular formula is C13H9ClF2N2O4. The van der Waals surface area contributed by atoms with Crippen LogP contribution in [0.25, 0.3) is 11.3 Å². The number of aromatic nitrogens is 1. The van der Waals surface area contributed by atoms with Crippen molar-refractivity contribution in [3.63, 3.8) is 0 Å². The van der Waals surface area contributed by atoms with E-state index in [9.17, 15) is 8.78 Å². The summed E-state index contributed by atoms with van der Waals surface area (Å²) in [6.07, 6.45) is 1.27.